The molecule has 2 rings (SSSR count). The fourth-order valence-corrected chi connectivity index (χ4v) is 1.89. The highest BCUT2D eigenvalue weighted by Crippen LogP contribution is 2.13. The molecule has 0 aliphatic rings. The SMILES string of the molecule is CC(=NO)C(=NO)c1ccc(NC(=O)c2ccccc2)cc1. The third-order valence-electron chi connectivity index (χ3n) is 3.04. The van der Waals surface area contributed by atoms with Gasteiger partial charge in [-0.3, -0.25) is 4.79 Å². The molecule has 3 N–H and O–H groups in total. The molecular formula is C16H15N3O3. The van der Waals surface area contributed by atoms with Crippen molar-refractivity contribution < 1.29 is 15.2 Å². The van der Waals surface area contributed by atoms with Crippen molar-refractivity contribution in [1.29, 1.82) is 0 Å². The lowest BCUT2D eigenvalue weighted by Crippen LogP contribution is -2.14. The average Bonchev–Trinajstić information content (AvgIpc) is 2.57. The molecular weight excluding hydrogens is 282 g/mol. The molecule has 0 saturated carbocycles. The van der Waals surface area contributed by atoms with Crippen LogP contribution in [0, 0.1) is 0 Å². The lowest BCUT2D eigenvalue weighted by molar-refractivity contribution is 0.102. The third-order valence-corrected chi connectivity index (χ3v) is 3.04. The molecule has 6 nitrogen and oxygen atoms in total. The molecule has 0 fully saturated rings. The van der Waals surface area contributed by atoms with E-state index in [0.717, 1.165) is 0 Å². The minimum atomic E-state index is -0.211. The number of hydrogen-bond acceptors (Lipinski definition) is 5. The number of rotatable bonds is 4. The Kier molecular flexibility index (Phi) is 4.87. The minimum Gasteiger partial charge on any atom is -0.411 e. The molecule has 0 aliphatic heterocycles. The van der Waals surface area contributed by atoms with Gasteiger partial charge in [0.15, 0.2) is 0 Å². The number of hydrogen-bond donors (Lipinski definition) is 3. The van der Waals surface area contributed by atoms with Gasteiger partial charge in [0.25, 0.3) is 5.91 Å². The van der Waals surface area contributed by atoms with Gasteiger partial charge in [-0.1, -0.05) is 40.6 Å². The molecule has 0 radical (unpaired) electrons. The second kappa shape index (κ2) is 7.03. The molecule has 2 aromatic carbocycles. The summed E-state index contributed by atoms with van der Waals surface area (Å²) < 4.78 is 0. The molecule has 1 amide bonds. The van der Waals surface area contributed by atoms with E-state index in [4.69, 9.17) is 10.4 Å². The van der Waals surface area contributed by atoms with Crippen LogP contribution in [0.5, 0.6) is 0 Å². The summed E-state index contributed by atoms with van der Waals surface area (Å²) in [5.41, 5.74) is 2.07. The summed E-state index contributed by atoms with van der Waals surface area (Å²) in [5.74, 6) is -0.211. The topological polar surface area (TPSA) is 94.3 Å². The largest absolute Gasteiger partial charge is 0.411 e. The first-order chi connectivity index (χ1) is 10.7. The van der Waals surface area contributed by atoms with Crippen LogP contribution in [0.3, 0.4) is 0 Å². The van der Waals surface area contributed by atoms with E-state index in [1.165, 1.54) is 6.92 Å². The Labute approximate surface area is 127 Å². The number of nitrogens with zero attached hydrogens (tertiary/aromatic N) is 2. The zero-order valence-corrected chi connectivity index (χ0v) is 11.9. The highest BCUT2D eigenvalue weighted by atomic mass is 16.4. The Balaban J connectivity index is 2.14. The summed E-state index contributed by atoms with van der Waals surface area (Å²) in [7, 11) is 0. The van der Waals surface area contributed by atoms with Gasteiger partial charge in [0, 0.05) is 16.8 Å². The van der Waals surface area contributed by atoms with Crippen molar-refractivity contribution in [2.45, 2.75) is 6.92 Å². The Morgan fingerprint density at radius 1 is 0.909 bits per heavy atom. The maximum atomic E-state index is 12.0. The highest BCUT2D eigenvalue weighted by molar-refractivity contribution is 6.47. The van der Waals surface area contributed by atoms with E-state index in [2.05, 4.69) is 15.6 Å². The van der Waals surface area contributed by atoms with Crippen molar-refractivity contribution in [1.82, 2.24) is 0 Å². The van der Waals surface area contributed by atoms with Crippen molar-refractivity contribution in [2.75, 3.05) is 5.32 Å². The third kappa shape index (κ3) is 3.49. The molecule has 0 heterocycles. The van der Waals surface area contributed by atoms with Crippen LogP contribution >= 0.6 is 0 Å². The number of benzene rings is 2. The second-order valence-electron chi connectivity index (χ2n) is 4.53. The molecule has 0 aliphatic carbocycles. The highest BCUT2D eigenvalue weighted by Gasteiger charge is 2.10. The second-order valence-corrected chi connectivity index (χ2v) is 4.53. The Morgan fingerprint density at radius 2 is 1.55 bits per heavy atom. The lowest BCUT2D eigenvalue weighted by atomic mass is 10.1. The fraction of sp³-hybridized carbons (Fsp3) is 0.0625. The van der Waals surface area contributed by atoms with Crippen LogP contribution in [-0.2, 0) is 0 Å². The molecule has 22 heavy (non-hydrogen) atoms. The molecule has 0 spiro atoms. The van der Waals surface area contributed by atoms with Crippen molar-refractivity contribution in [3.8, 4) is 0 Å². The van der Waals surface area contributed by atoms with Gasteiger partial charge in [-0.2, -0.15) is 0 Å². The van der Waals surface area contributed by atoms with Crippen molar-refractivity contribution in [3.05, 3.63) is 65.7 Å². The van der Waals surface area contributed by atoms with Gasteiger partial charge >= 0.3 is 0 Å². The predicted octanol–water partition coefficient (Wildman–Crippen LogP) is 2.97. The van der Waals surface area contributed by atoms with Crippen molar-refractivity contribution in [3.63, 3.8) is 0 Å². The number of amides is 1. The quantitative estimate of drug-likeness (QED) is 0.460. The number of oxime groups is 2. The summed E-state index contributed by atoms with van der Waals surface area (Å²) in [6.07, 6.45) is 0. The van der Waals surface area contributed by atoms with E-state index >= 15 is 0 Å². The zero-order valence-electron chi connectivity index (χ0n) is 11.9. The average molecular weight is 297 g/mol. The van der Waals surface area contributed by atoms with Gasteiger partial charge in [0.1, 0.15) is 11.4 Å². The van der Waals surface area contributed by atoms with Crippen LogP contribution in [0.2, 0.25) is 0 Å². The molecule has 0 saturated heterocycles. The van der Waals surface area contributed by atoms with Gasteiger partial charge < -0.3 is 15.7 Å². The summed E-state index contributed by atoms with van der Waals surface area (Å²) in [6, 6.07) is 15.5. The van der Waals surface area contributed by atoms with Gasteiger partial charge in [0.2, 0.25) is 0 Å². The van der Waals surface area contributed by atoms with E-state index in [0.29, 0.717) is 16.8 Å². The Bertz CT molecular complexity index is 707. The summed E-state index contributed by atoms with van der Waals surface area (Å²) in [5, 5.41) is 26.6. The van der Waals surface area contributed by atoms with Gasteiger partial charge in [0.05, 0.1) is 0 Å². The Hall–Kier alpha value is -3.15. The monoisotopic (exact) mass is 297 g/mol. The van der Waals surface area contributed by atoms with E-state index in [1.807, 2.05) is 6.07 Å². The van der Waals surface area contributed by atoms with E-state index in [-0.39, 0.29) is 17.3 Å². The summed E-state index contributed by atoms with van der Waals surface area (Å²) in [6.45, 7) is 1.51. The zero-order chi connectivity index (χ0) is 15.9. The van der Waals surface area contributed by atoms with Crippen molar-refractivity contribution >= 4 is 23.0 Å². The van der Waals surface area contributed by atoms with Crippen LogP contribution in [0.25, 0.3) is 0 Å². The van der Waals surface area contributed by atoms with Crippen LogP contribution in [0.4, 0.5) is 5.69 Å². The molecule has 0 unspecified atom stereocenters. The van der Waals surface area contributed by atoms with Crippen LogP contribution in [0.1, 0.15) is 22.8 Å². The van der Waals surface area contributed by atoms with Crippen LogP contribution in [-0.4, -0.2) is 27.7 Å². The van der Waals surface area contributed by atoms with E-state index in [1.54, 1.807) is 48.5 Å². The maximum Gasteiger partial charge on any atom is 0.255 e. The van der Waals surface area contributed by atoms with Gasteiger partial charge in [-0.25, -0.2) is 0 Å². The van der Waals surface area contributed by atoms with Crippen molar-refractivity contribution in [2.24, 2.45) is 10.3 Å². The van der Waals surface area contributed by atoms with Crippen LogP contribution in [0.15, 0.2) is 64.9 Å². The molecule has 2 aromatic rings. The number of carbonyl (C=O) groups is 1. The number of carbonyl (C=O) groups excluding carboxylic acids is 1. The molecule has 6 heteroatoms. The summed E-state index contributed by atoms with van der Waals surface area (Å²) >= 11 is 0. The first-order valence-corrected chi connectivity index (χ1v) is 6.53. The van der Waals surface area contributed by atoms with Crippen LogP contribution < -0.4 is 5.32 Å². The number of anilines is 1. The molecule has 0 bridgehead atoms. The Morgan fingerprint density at radius 3 is 2.09 bits per heavy atom. The lowest BCUT2D eigenvalue weighted by Gasteiger charge is -2.07. The predicted molar refractivity (Wildman–Crippen MR) is 84.1 cm³/mol. The first kappa shape index (κ1) is 15.2. The van der Waals surface area contributed by atoms with E-state index < -0.39 is 0 Å². The van der Waals surface area contributed by atoms with Gasteiger partial charge in [-0.05, 0) is 31.2 Å². The molecule has 112 valence electrons. The molecule has 0 aromatic heterocycles. The minimum absolute atomic E-state index is 0.156. The number of nitrogens with one attached hydrogen (secondary N) is 1. The van der Waals surface area contributed by atoms with Gasteiger partial charge in [-0.15, -0.1) is 0 Å². The normalized spacial score (nSPS) is 12.0. The fourth-order valence-electron chi connectivity index (χ4n) is 1.89. The molecule has 0 atom stereocenters. The standard InChI is InChI=1S/C16H15N3O3/c1-11(18-21)15(19-22)12-7-9-14(10-8-12)17-16(20)13-5-3-2-4-6-13/h2-10,21-22H,1H3,(H,17,20). The summed E-state index contributed by atoms with van der Waals surface area (Å²) in [4.78, 5) is 12.0. The maximum absolute atomic E-state index is 12.0. The smallest absolute Gasteiger partial charge is 0.255 e. The van der Waals surface area contributed by atoms with E-state index in [9.17, 15) is 4.79 Å². The first-order valence-electron chi connectivity index (χ1n) is 6.53.